The highest BCUT2D eigenvalue weighted by molar-refractivity contribution is 5.85. The smallest absolute Gasteiger partial charge is 0.328 e. The van der Waals surface area contributed by atoms with Crippen LogP contribution in [0.2, 0.25) is 0 Å². The van der Waals surface area contributed by atoms with Gasteiger partial charge in [-0.3, -0.25) is 0 Å². The second-order valence-electron chi connectivity index (χ2n) is 5.08. The number of aryl methyl sites for hydroxylation is 1. The summed E-state index contributed by atoms with van der Waals surface area (Å²) in [6.07, 6.45) is 6.85. The van der Waals surface area contributed by atoms with E-state index >= 15 is 0 Å². The molecule has 1 aromatic heterocycles. The maximum absolute atomic E-state index is 10.5. The Hall–Kier alpha value is -2.55. The molecule has 1 aromatic carbocycles. The molecule has 0 spiro atoms. The number of aromatic nitrogens is 1. The van der Waals surface area contributed by atoms with E-state index in [1.54, 1.807) is 13.0 Å². The third kappa shape index (κ3) is 3.51. The van der Waals surface area contributed by atoms with Crippen LogP contribution in [0.3, 0.4) is 0 Å². The van der Waals surface area contributed by atoms with Gasteiger partial charge in [-0.15, -0.1) is 0 Å². The molecule has 0 unspecified atom stereocenters. The number of carboxylic acid groups (broad SMARTS) is 1. The zero-order chi connectivity index (χ0) is 15.4. The first-order valence-electron chi connectivity index (χ1n) is 6.80. The molecule has 0 radical (unpaired) electrons. The first kappa shape index (κ1) is 14.9. The molecule has 0 bridgehead atoms. The van der Waals surface area contributed by atoms with E-state index in [1.807, 2.05) is 31.3 Å². The van der Waals surface area contributed by atoms with Gasteiger partial charge in [-0.25, -0.2) is 4.79 Å². The second kappa shape index (κ2) is 6.27. The van der Waals surface area contributed by atoms with Crippen LogP contribution >= 0.6 is 0 Å². The SMILES string of the molecule is C/C(=C/C=C/C(C)=C/C(=O)O)c1cc2ccccc2n1C. The largest absolute Gasteiger partial charge is 0.478 e. The fourth-order valence-corrected chi connectivity index (χ4v) is 2.34. The summed E-state index contributed by atoms with van der Waals surface area (Å²) in [4.78, 5) is 10.5. The van der Waals surface area contributed by atoms with Crippen LogP contribution in [0.1, 0.15) is 19.5 Å². The van der Waals surface area contributed by atoms with Crippen molar-refractivity contribution in [3.63, 3.8) is 0 Å². The van der Waals surface area contributed by atoms with Gasteiger partial charge < -0.3 is 9.67 Å². The topological polar surface area (TPSA) is 42.2 Å². The highest BCUT2D eigenvalue weighted by Gasteiger charge is 2.05. The van der Waals surface area contributed by atoms with Crippen LogP contribution in [0.5, 0.6) is 0 Å². The highest BCUT2D eigenvalue weighted by atomic mass is 16.4. The first-order valence-corrected chi connectivity index (χ1v) is 6.80. The lowest BCUT2D eigenvalue weighted by Gasteiger charge is -2.03. The molecule has 0 saturated heterocycles. The van der Waals surface area contributed by atoms with Gasteiger partial charge >= 0.3 is 5.97 Å². The maximum atomic E-state index is 10.5. The molecule has 0 atom stereocenters. The van der Waals surface area contributed by atoms with E-state index in [-0.39, 0.29) is 0 Å². The third-order valence-electron chi connectivity index (χ3n) is 3.41. The summed E-state index contributed by atoms with van der Waals surface area (Å²) in [7, 11) is 2.05. The Morgan fingerprint density at radius 3 is 2.62 bits per heavy atom. The van der Waals surface area contributed by atoms with E-state index in [1.165, 1.54) is 17.0 Å². The van der Waals surface area contributed by atoms with Crippen molar-refractivity contribution >= 4 is 22.4 Å². The summed E-state index contributed by atoms with van der Waals surface area (Å²) in [6, 6.07) is 10.4. The van der Waals surface area contributed by atoms with Crippen molar-refractivity contribution in [2.45, 2.75) is 13.8 Å². The molecule has 2 rings (SSSR count). The van der Waals surface area contributed by atoms with E-state index in [0.29, 0.717) is 5.57 Å². The van der Waals surface area contributed by atoms with Crippen LogP contribution in [-0.2, 0) is 11.8 Å². The Bertz CT molecular complexity index is 761. The molecule has 0 aliphatic carbocycles. The Kier molecular flexibility index (Phi) is 4.43. The van der Waals surface area contributed by atoms with Gasteiger partial charge in [-0.1, -0.05) is 36.4 Å². The lowest BCUT2D eigenvalue weighted by Crippen LogP contribution is -1.92. The van der Waals surface area contributed by atoms with Crippen molar-refractivity contribution in [3.05, 3.63) is 65.9 Å². The van der Waals surface area contributed by atoms with Gasteiger partial charge in [0, 0.05) is 29.7 Å². The molecule has 1 N–H and O–H groups in total. The number of para-hydroxylation sites is 1. The van der Waals surface area contributed by atoms with E-state index in [9.17, 15) is 4.79 Å². The van der Waals surface area contributed by atoms with Crippen LogP contribution in [0.4, 0.5) is 0 Å². The molecule has 0 aliphatic rings. The predicted molar refractivity (Wildman–Crippen MR) is 87.1 cm³/mol. The molecular formula is C18H19NO2. The monoisotopic (exact) mass is 281 g/mol. The average molecular weight is 281 g/mol. The number of carbonyl (C=O) groups is 1. The molecular weight excluding hydrogens is 262 g/mol. The van der Waals surface area contributed by atoms with Crippen molar-refractivity contribution in [2.75, 3.05) is 0 Å². The lowest BCUT2D eigenvalue weighted by atomic mass is 10.1. The minimum Gasteiger partial charge on any atom is -0.478 e. The number of benzene rings is 1. The van der Waals surface area contributed by atoms with Crippen LogP contribution in [0, 0.1) is 0 Å². The van der Waals surface area contributed by atoms with E-state index < -0.39 is 5.97 Å². The number of hydrogen-bond donors (Lipinski definition) is 1. The summed E-state index contributed by atoms with van der Waals surface area (Å²) in [5, 5.41) is 9.87. The predicted octanol–water partition coefficient (Wildman–Crippen LogP) is 4.17. The zero-order valence-electron chi connectivity index (χ0n) is 12.5. The molecule has 2 aromatic rings. The third-order valence-corrected chi connectivity index (χ3v) is 3.41. The normalized spacial score (nSPS) is 13.3. The quantitative estimate of drug-likeness (QED) is 0.675. The van der Waals surface area contributed by atoms with Gasteiger partial charge in [0.1, 0.15) is 0 Å². The highest BCUT2D eigenvalue weighted by Crippen LogP contribution is 2.23. The first-order chi connectivity index (χ1) is 9.99. The fraction of sp³-hybridized carbons (Fsp3) is 0.167. The van der Waals surface area contributed by atoms with Crippen LogP contribution in [0.15, 0.2) is 60.2 Å². The summed E-state index contributed by atoms with van der Waals surface area (Å²) in [5.74, 6) is -0.925. The van der Waals surface area contributed by atoms with Crippen LogP contribution in [-0.4, -0.2) is 15.6 Å². The molecule has 0 amide bonds. The molecule has 0 fully saturated rings. The minimum absolute atomic E-state index is 0.712. The number of rotatable bonds is 4. The fourth-order valence-electron chi connectivity index (χ4n) is 2.34. The van der Waals surface area contributed by atoms with E-state index in [4.69, 9.17) is 5.11 Å². The van der Waals surface area contributed by atoms with Crippen molar-refractivity contribution < 1.29 is 9.90 Å². The number of fused-ring (bicyclic) bond motifs is 1. The molecule has 21 heavy (non-hydrogen) atoms. The van der Waals surface area contributed by atoms with Crippen LogP contribution < -0.4 is 0 Å². The van der Waals surface area contributed by atoms with Gasteiger partial charge in [0.25, 0.3) is 0 Å². The second-order valence-corrected chi connectivity index (χ2v) is 5.08. The van der Waals surface area contributed by atoms with Crippen molar-refractivity contribution in [2.24, 2.45) is 7.05 Å². The number of allylic oxidation sites excluding steroid dienone is 5. The Labute approximate surface area is 124 Å². The lowest BCUT2D eigenvalue weighted by molar-refractivity contribution is -0.131. The number of hydrogen-bond acceptors (Lipinski definition) is 1. The number of aliphatic carboxylic acids is 1. The maximum Gasteiger partial charge on any atom is 0.328 e. The molecule has 3 nitrogen and oxygen atoms in total. The van der Waals surface area contributed by atoms with Gasteiger partial charge in [-0.2, -0.15) is 0 Å². The van der Waals surface area contributed by atoms with E-state index in [0.717, 1.165) is 11.3 Å². The number of carboxylic acids is 1. The van der Waals surface area contributed by atoms with Crippen LogP contribution in [0.25, 0.3) is 16.5 Å². The van der Waals surface area contributed by atoms with E-state index in [2.05, 4.69) is 29.7 Å². The van der Waals surface area contributed by atoms with Crippen molar-refractivity contribution in [1.82, 2.24) is 4.57 Å². The molecule has 3 heteroatoms. The van der Waals surface area contributed by atoms with Gasteiger partial charge in [-0.05, 0) is 37.1 Å². The van der Waals surface area contributed by atoms with Crippen molar-refractivity contribution in [1.29, 1.82) is 0 Å². The molecule has 108 valence electrons. The zero-order valence-corrected chi connectivity index (χ0v) is 12.5. The average Bonchev–Trinajstić information content (AvgIpc) is 2.76. The summed E-state index contributed by atoms with van der Waals surface area (Å²) in [6.45, 7) is 3.82. The molecule has 0 aliphatic heterocycles. The van der Waals surface area contributed by atoms with Crippen molar-refractivity contribution in [3.8, 4) is 0 Å². The Balaban J connectivity index is 2.28. The molecule has 0 saturated carbocycles. The summed E-state index contributed by atoms with van der Waals surface area (Å²) >= 11 is 0. The summed E-state index contributed by atoms with van der Waals surface area (Å²) in [5.41, 5.74) is 4.20. The Morgan fingerprint density at radius 1 is 1.24 bits per heavy atom. The standard InChI is InChI=1S/C18H19NO2/c1-13(11-18(20)21)7-6-8-14(2)17-12-15-9-4-5-10-16(15)19(17)3/h4-12H,1-3H3,(H,20,21)/b7-6+,13-11+,14-8-. The minimum atomic E-state index is -0.925. The number of nitrogens with zero attached hydrogens (tertiary/aromatic N) is 1. The van der Waals surface area contributed by atoms with Gasteiger partial charge in [0.15, 0.2) is 0 Å². The van der Waals surface area contributed by atoms with Gasteiger partial charge in [0.05, 0.1) is 0 Å². The summed E-state index contributed by atoms with van der Waals surface area (Å²) < 4.78 is 2.16. The van der Waals surface area contributed by atoms with Gasteiger partial charge in [0.2, 0.25) is 0 Å². The molecule has 1 heterocycles. The Morgan fingerprint density at radius 2 is 1.95 bits per heavy atom.